The fourth-order valence-electron chi connectivity index (χ4n) is 3.70. The molecule has 5 nitrogen and oxygen atoms in total. The van der Waals surface area contributed by atoms with Crippen LogP contribution in [-0.2, 0) is 9.59 Å². The third-order valence-electron chi connectivity index (χ3n) is 5.22. The molecule has 1 N–H and O–H groups in total. The van der Waals surface area contributed by atoms with Crippen LogP contribution in [0, 0.1) is 13.8 Å². The molecule has 2 aromatic carbocycles. The van der Waals surface area contributed by atoms with Crippen molar-refractivity contribution in [1.29, 1.82) is 0 Å². The summed E-state index contributed by atoms with van der Waals surface area (Å²) in [6.45, 7) is 3.76. The van der Waals surface area contributed by atoms with Gasteiger partial charge in [0.15, 0.2) is 0 Å². The molecule has 1 saturated heterocycles. The molecule has 1 fully saturated rings. The molecule has 1 atom stereocenters. The van der Waals surface area contributed by atoms with Crippen LogP contribution in [0.4, 0.5) is 5.69 Å². The van der Waals surface area contributed by atoms with E-state index in [9.17, 15) is 14.7 Å². The summed E-state index contributed by atoms with van der Waals surface area (Å²) in [6, 6.07) is 15.0. The third-order valence-corrected chi connectivity index (χ3v) is 5.47. The van der Waals surface area contributed by atoms with E-state index in [0.717, 1.165) is 11.1 Å². The Balaban J connectivity index is 1.97. The van der Waals surface area contributed by atoms with Gasteiger partial charge in [-0.1, -0.05) is 29.3 Å². The minimum Gasteiger partial charge on any atom is -0.507 e. The number of halogens is 1. The fraction of sp³-hybridized carbons (Fsp3) is 0.125. The van der Waals surface area contributed by atoms with Crippen molar-refractivity contribution in [3.05, 3.63) is 99.8 Å². The summed E-state index contributed by atoms with van der Waals surface area (Å²) in [7, 11) is 0. The van der Waals surface area contributed by atoms with Crippen molar-refractivity contribution < 1.29 is 14.7 Å². The van der Waals surface area contributed by atoms with Crippen molar-refractivity contribution in [1.82, 2.24) is 4.98 Å². The molecule has 2 heterocycles. The monoisotopic (exact) mass is 418 g/mol. The molecule has 0 radical (unpaired) electrons. The van der Waals surface area contributed by atoms with Gasteiger partial charge in [0.25, 0.3) is 11.7 Å². The molecule has 3 aromatic rings. The van der Waals surface area contributed by atoms with Crippen molar-refractivity contribution in [2.45, 2.75) is 19.9 Å². The van der Waals surface area contributed by atoms with E-state index in [-0.39, 0.29) is 11.3 Å². The van der Waals surface area contributed by atoms with Gasteiger partial charge < -0.3 is 5.11 Å². The Morgan fingerprint density at radius 3 is 2.33 bits per heavy atom. The van der Waals surface area contributed by atoms with Crippen molar-refractivity contribution in [3.63, 3.8) is 0 Å². The molecule has 4 rings (SSSR count). The molecule has 0 aliphatic carbocycles. The maximum absolute atomic E-state index is 13.1. The van der Waals surface area contributed by atoms with Gasteiger partial charge in [-0.2, -0.15) is 0 Å². The van der Waals surface area contributed by atoms with Gasteiger partial charge in [0.2, 0.25) is 0 Å². The van der Waals surface area contributed by atoms with Crippen LogP contribution >= 0.6 is 11.6 Å². The zero-order valence-electron chi connectivity index (χ0n) is 16.5. The lowest BCUT2D eigenvalue weighted by molar-refractivity contribution is -0.132. The van der Waals surface area contributed by atoms with E-state index in [0.29, 0.717) is 21.8 Å². The molecule has 30 heavy (non-hydrogen) atoms. The molecule has 0 bridgehead atoms. The van der Waals surface area contributed by atoms with E-state index in [2.05, 4.69) is 4.98 Å². The predicted molar refractivity (Wildman–Crippen MR) is 116 cm³/mol. The van der Waals surface area contributed by atoms with Gasteiger partial charge in [-0.05, 0) is 67.4 Å². The maximum atomic E-state index is 13.1. The van der Waals surface area contributed by atoms with Crippen LogP contribution in [-0.4, -0.2) is 21.8 Å². The number of carbonyl (C=O) groups excluding carboxylic acids is 2. The minimum atomic E-state index is -0.783. The molecule has 1 aliphatic heterocycles. The molecular weight excluding hydrogens is 400 g/mol. The third kappa shape index (κ3) is 3.37. The second-order valence-electron chi connectivity index (χ2n) is 7.24. The smallest absolute Gasteiger partial charge is 0.300 e. The van der Waals surface area contributed by atoms with E-state index < -0.39 is 17.7 Å². The Kier molecular flexibility index (Phi) is 5.14. The van der Waals surface area contributed by atoms with Crippen LogP contribution in [0.2, 0.25) is 5.02 Å². The number of hydrogen-bond donors (Lipinski definition) is 1. The molecule has 0 saturated carbocycles. The molecule has 150 valence electrons. The number of aryl methyl sites for hydroxylation is 2. The van der Waals surface area contributed by atoms with Crippen LogP contribution < -0.4 is 4.90 Å². The number of amides is 1. The lowest BCUT2D eigenvalue weighted by atomic mass is 9.93. The fourth-order valence-corrected chi connectivity index (χ4v) is 3.82. The summed E-state index contributed by atoms with van der Waals surface area (Å²) < 4.78 is 0. The first-order chi connectivity index (χ1) is 14.4. The Morgan fingerprint density at radius 2 is 1.67 bits per heavy atom. The Hall–Kier alpha value is -3.44. The molecular formula is C24H19ClN2O3. The molecule has 0 spiro atoms. The van der Waals surface area contributed by atoms with Gasteiger partial charge in [-0.3, -0.25) is 19.5 Å². The largest absolute Gasteiger partial charge is 0.507 e. The quantitative estimate of drug-likeness (QED) is 0.370. The topological polar surface area (TPSA) is 70.5 Å². The summed E-state index contributed by atoms with van der Waals surface area (Å²) in [5.74, 6) is -1.62. The molecule has 1 amide bonds. The number of anilines is 1. The van der Waals surface area contributed by atoms with Crippen LogP contribution in [0.25, 0.3) is 5.76 Å². The first-order valence-corrected chi connectivity index (χ1v) is 9.80. The average molecular weight is 419 g/mol. The number of aliphatic hydroxyl groups excluding tert-OH is 1. The SMILES string of the molecule is Cc1ccc(C)c(/C(O)=C2\C(=O)C(=O)N(c3ccc(Cl)cc3)C2c2ccncc2)c1. The van der Waals surface area contributed by atoms with Crippen LogP contribution in [0.5, 0.6) is 0 Å². The number of aromatic nitrogens is 1. The predicted octanol–water partition coefficient (Wildman–Crippen LogP) is 4.98. The van der Waals surface area contributed by atoms with E-state index in [1.165, 1.54) is 4.90 Å². The number of pyridine rings is 1. The highest BCUT2D eigenvalue weighted by Crippen LogP contribution is 2.42. The maximum Gasteiger partial charge on any atom is 0.300 e. The summed E-state index contributed by atoms with van der Waals surface area (Å²) in [4.78, 5) is 31.6. The van der Waals surface area contributed by atoms with Gasteiger partial charge in [-0.15, -0.1) is 0 Å². The normalized spacial score (nSPS) is 18.1. The highest BCUT2D eigenvalue weighted by molar-refractivity contribution is 6.51. The minimum absolute atomic E-state index is 0.0508. The molecule has 1 aromatic heterocycles. The number of rotatable bonds is 3. The van der Waals surface area contributed by atoms with Crippen molar-refractivity contribution in [2.75, 3.05) is 4.90 Å². The number of ketones is 1. The summed E-state index contributed by atoms with van der Waals surface area (Å²) >= 11 is 6.00. The molecule has 1 aliphatic rings. The number of benzene rings is 2. The molecule has 1 unspecified atom stereocenters. The van der Waals surface area contributed by atoms with Gasteiger partial charge >= 0.3 is 0 Å². The second kappa shape index (κ2) is 7.76. The average Bonchev–Trinajstić information content (AvgIpc) is 3.01. The second-order valence-corrected chi connectivity index (χ2v) is 7.68. The van der Waals surface area contributed by atoms with Crippen molar-refractivity contribution >= 4 is 34.7 Å². The van der Waals surface area contributed by atoms with Crippen molar-refractivity contribution in [3.8, 4) is 0 Å². The first kappa shape index (κ1) is 19.9. The Morgan fingerprint density at radius 1 is 1.00 bits per heavy atom. The Bertz CT molecular complexity index is 1170. The number of nitrogens with zero attached hydrogens (tertiary/aromatic N) is 2. The van der Waals surface area contributed by atoms with E-state index >= 15 is 0 Å². The first-order valence-electron chi connectivity index (χ1n) is 9.42. The van der Waals surface area contributed by atoms with E-state index in [4.69, 9.17) is 11.6 Å². The Labute approximate surface area is 179 Å². The van der Waals surface area contributed by atoms with E-state index in [1.54, 1.807) is 48.8 Å². The van der Waals surface area contributed by atoms with Gasteiger partial charge in [0, 0.05) is 28.7 Å². The van der Waals surface area contributed by atoms with Crippen LogP contribution in [0.1, 0.15) is 28.3 Å². The lowest BCUT2D eigenvalue weighted by Crippen LogP contribution is -2.29. The van der Waals surface area contributed by atoms with Gasteiger partial charge in [0.1, 0.15) is 5.76 Å². The zero-order chi connectivity index (χ0) is 21.4. The zero-order valence-corrected chi connectivity index (χ0v) is 17.2. The van der Waals surface area contributed by atoms with Crippen LogP contribution in [0.3, 0.4) is 0 Å². The highest BCUT2D eigenvalue weighted by atomic mass is 35.5. The number of carbonyl (C=O) groups is 2. The van der Waals surface area contributed by atoms with Gasteiger partial charge in [-0.25, -0.2) is 0 Å². The number of Topliss-reactive ketones (excluding diaryl/α,β-unsaturated/α-hetero) is 1. The number of hydrogen-bond acceptors (Lipinski definition) is 4. The lowest BCUT2D eigenvalue weighted by Gasteiger charge is -2.25. The van der Waals surface area contributed by atoms with Crippen molar-refractivity contribution in [2.24, 2.45) is 0 Å². The molecule has 6 heteroatoms. The summed E-state index contributed by atoms with van der Waals surface area (Å²) in [5.41, 5.74) is 3.52. The summed E-state index contributed by atoms with van der Waals surface area (Å²) in [6.07, 6.45) is 3.18. The van der Waals surface area contributed by atoms with Crippen LogP contribution in [0.15, 0.2) is 72.6 Å². The summed E-state index contributed by atoms with van der Waals surface area (Å²) in [5, 5.41) is 11.7. The standard InChI is InChI=1S/C24H19ClN2O3/c1-14-3-4-15(2)19(13-14)22(28)20-21(16-9-11-26-12-10-16)27(24(30)23(20)29)18-7-5-17(25)6-8-18/h3-13,21,28H,1-2H3/b22-20+. The van der Waals surface area contributed by atoms with E-state index in [1.807, 2.05) is 32.0 Å². The number of aliphatic hydroxyl groups is 1. The highest BCUT2D eigenvalue weighted by Gasteiger charge is 2.47. The van der Waals surface area contributed by atoms with Gasteiger partial charge in [0.05, 0.1) is 11.6 Å².